The maximum atomic E-state index is 12.7. The van der Waals surface area contributed by atoms with Gasteiger partial charge in [-0.1, -0.05) is 61.5 Å². The summed E-state index contributed by atoms with van der Waals surface area (Å²) in [7, 11) is 0. The van der Waals surface area contributed by atoms with Gasteiger partial charge in [0.25, 0.3) is 0 Å². The molecule has 4 aromatic rings. The van der Waals surface area contributed by atoms with Gasteiger partial charge >= 0.3 is 6.09 Å². The number of ether oxygens (including phenoxy) is 1. The lowest BCUT2D eigenvalue weighted by molar-refractivity contribution is 0.0236. The average Bonchev–Trinajstić information content (AvgIpc) is 3.25. The molecule has 1 amide bonds. The Bertz CT molecular complexity index is 1440. The third-order valence-electron chi connectivity index (χ3n) is 7.27. The Morgan fingerprint density at radius 1 is 1.08 bits per heavy atom. The van der Waals surface area contributed by atoms with Gasteiger partial charge in [-0.3, -0.25) is 4.40 Å². The van der Waals surface area contributed by atoms with Gasteiger partial charge in [-0.05, 0) is 57.2 Å². The van der Waals surface area contributed by atoms with Crippen molar-refractivity contribution in [1.29, 1.82) is 5.26 Å². The Labute approximate surface area is 211 Å². The van der Waals surface area contributed by atoms with Crippen molar-refractivity contribution in [3.8, 4) is 28.6 Å². The quantitative estimate of drug-likeness (QED) is 0.329. The van der Waals surface area contributed by atoms with Crippen LogP contribution in [0.2, 0.25) is 0 Å². The molecule has 182 valence electrons. The molecule has 0 aliphatic heterocycles. The predicted molar refractivity (Wildman–Crippen MR) is 140 cm³/mol. The lowest BCUT2D eigenvalue weighted by atomic mass is 9.71. The molecule has 1 aliphatic carbocycles. The zero-order valence-corrected chi connectivity index (χ0v) is 20.9. The summed E-state index contributed by atoms with van der Waals surface area (Å²) in [5.41, 5.74) is 5.33. The number of imidazole rings is 1. The highest BCUT2D eigenvalue weighted by atomic mass is 16.6. The van der Waals surface area contributed by atoms with Gasteiger partial charge in [-0.15, -0.1) is 0 Å². The molecule has 36 heavy (non-hydrogen) atoms. The number of alkyl carbamates (subject to hydrolysis) is 1. The number of hydrogen-bond acceptors (Lipinski definition) is 4. The average molecular weight is 479 g/mol. The molecule has 2 aromatic heterocycles. The molecular weight excluding hydrogens is 448 g/mol. The fourth-order valence-electron chi connectivity index (χ4n) is 4.69. The monoisotopic (exact) mass is 478 g/mol. The minimum atomic E-state index is -0.499. The topological polar surface area (TPSA) is 79.4 Å². The van der Waals surface area contributed by atoms with Crippen molar-refractivity contribution in [1.82, 2.24) is 14.7 Å². The molecule has 0 bridgehead atoms. The highest BCUT2D eigenvalue weighted by molar-refractivity contribution is 5.82. The van der Waals surface area contributed by atoms with E-state index in [-0.39, 0.29) is 6.09 Å². The van der Waals surface area contributed by atoms with Gasteiger partial charge in [0.2, 0.25) is 0 Å². The van der Waals surface area contributed by atoms with Gasteiger partial charge in [-0.2, -0.15) is 5.26 Å². The lowest BCUT2D eigenvalue weighted by Gasteiger charge is -2.43. The summed E-state index contributed by atoms with van der Waals surface area (Å²) in [5.74, 6) is 0. The number of benzene rings is 2. The molecule has 1 saturated carbocycles. The standard InChI is InChI=1S/C30H30N4O2/c1-4-29(2,3)36-28(35)33-30(17-8-18-30)24-14-12-22(13-15-24)26-27(23-9-6-5-7-10-23)34-20-21(19-31)11-16-25(34)32-26/h5-7,9-16,20H,4,8,17-18H2,1-3H3,(H,33,35). The number of nitriles is 1. The molecule has 0 saturated heterocycles. The van der Waals surface area contributed by atoms with Gasteiger partial charge < -0.3 is 10.1 Å². The minimum Gasteiger partial charge on any atom is -0.444 e. The number of nitrogens with zero attached hydrogens (tertiary/aromatic N) is 3. The van der Waals surface area contributed by atoms with Gasteiger partial charge in [0.1, 0.15) is 17.3 Å². The van der Waals surface area contributed by atoms with E-state index in [0.29, 0.717) is 5.56 Å². The molecule has 1 N–H and O–H groups in total. The smallest absolute Gasteiger partial charge is 0.408 e. The SMILES string of the molecule is CCC(C)(C)OC(=O)NC1(c2ccc(-c3nc4ccc(C#N)cn4c3-c3ccccc3)cc2)CCC1. The van der Waals surface area contributed by atoms with E-state index < -0.39 is 11.1 Å². The summed E-state index contributed by atoms with van der Waals surface area (Å²) >= 11 is 0. The third-order valence-corrected chi connectivity index (χ3v) is 7.27. The molecule has 2 heterocycles. The molecule has 2 aromatic carbocycles. The maximum absolute atomic E-state index is 12.7. The second-order valence-electron chi connectivity index (χ2n) is 10.1. The van der Waals surface area contributed by atoms with Gasteiger partial charge in [0.05, 0.1) is 22.5 Å². The largest absolute Gasteiger partial charge is 0.444 e. The highest BCUT2D eigenvalue weighted by Crippen LogP contribution is 2.42. The first-order valence-electron chi connectivity index (χ1n) is 12.4. The second-order valence-corrected chi connectivity index (χ2v) is 10.1. The zero-order chi connectivity index (χ0) is 25.3. The van der Waals surface area contributed by atoms with Crippen LogP contribution in [-0.2, 0) is 10.3 Å². The summed E-state index contributed by atoms with van der Waals surface area (Å²) < 4.78 is 7.65. The Kier molecular flexibility index (Phi) is 6.01. The summed E-state index contributed by atoms with van der Waals surface area (Å²) in [4.78, 5) is 17.6. The van der Waals surface area contributed by atoms with E-state index in [1.807, 2.05) is 55.6 Å². The van der Waals surface area contributed by atoms with Gasteiger partial charge in [-0.25, -0.2) is 9.78 Å². The molecule has 0 unspecified atom stereocenters. The summed E-state index contributed by atoms with van der Waals surface area (Å²) in [6, 6.07) is 24.3. The molecule has 5 rings (SSSR count). The number of aromatic nitrogens is 2. The molecular formula is C30H30N4O2. The van der Waals surface area contributed by atoms with E-state index in [1.54, 1.807) is 6.07 Å². The fraction of sp³-hybridized carbons (Fsp3) is 0.300. The van der Waals surface area contributed by atoms with Crippen LogP contribution in [-0.4, -0.2) is 21.1 Å². The van der Waals surface area contributed by atoms with E-state index in [2.05, 4.69) is 47.8 Å². The molecule has 6 nitrogen and oxygen atoms in total. The number of rotatable bonds is 6. The first-order chi connectivity index (χ1) is 17.3. The van der Waals surface area contributed by atoms with Crippen molar-refractivity contribution >= 4 is 11.7 Å². The van der Waals surface area contributed by atoms with E-state index in [1.165, 1.54) is 0 Å². The number of nitrogens with one attached hydrogen (secondary N) is 1. The maximum Gasteiger partial charge on any atom is 0.408 e. The number of hydrogen-bond donors (Lipinski definition) is 1. The Morgan fingerprint density at radius 2 is 1.81 bits per heavy atom. The highest BCUT2D eigenvalue weighted by Gasteiger charge is 2.41. The number of amides is 1. The van der Waals surface area contributed by atoms with Crippen molar-refractivity contribution < 1.29 is 9.53 Å². The molecule has 0 radical (unpaired) electrons. The second kappa shape index (κ2) is 9.16. The van der Waals surface area contributed by atoms with Crippen LogP contribution < -0.4 is 5.32 Å². The van der Waals surface area contributed by atoms with Crippen molar-refractivity contribution in [3.05, 3.63) is 84.1 Å². The molecule has 1 fully saturated rings. The van der Waals surface area contributed by atoms with Crippen LogP contribution in [0.4, 0.5) is 4.79 Å². The van der Waals surface area contributed by atoms with Crippen LogP contribution in [0.3, 0.4) is 0 Å². The first-order valence-corrected chi connectivity index (χ1v) is 12.4. The van der Waals surface area contributed by atoms with Crippen LogP contribution >= 0.6 is 0 Å². The van der Waals surface area contributed by atoms with E-state index in [0.717, 1.165) is 59.4 Å². The van der Waals surface area contributed by atoms with E-state index in [4.69, 9.17) is 9.72 Å². The van der Waals surface area contributed by atoms with Crippen LogP contribution in [0.1, 0.15) is 57.6 Å². The van der Waals surface area contributed by atoms with Gasteiger partial charge in [0, 0.05) is 17.3 Å². The number of pyridine rings is 1. The summed E-state index contributed by atoms with van der Waals surface area (Å²) in [5, 5.41) is 12.6. The predicted octanol–water partition coefficient (Wildman–Crippen LogP) is 6.83. The normalized spacial score (nSPS) is 14.6. The Hall–Kier alpha value is -4.11. The Morgan fingerprint density at radius 3 is 2.42 bits per heavy atom. The van der Waals surface area contributed by atoms with Crippen molar-refractivity contribution in [2.75, 3.05) is 0 Å². The van der Waals surface area contributed by atoms with E-state index >= 15 is 0 Å². The summed E-state index contributed by atoms with van der Waals surface area (Å²) in [6.45, 7) is 5.86. The number of carbonyl (C=O) groups excluding carboxylic acids is 1. The van der Waals surface area contributed by atoms with Crippen LogP contribution in [0, 0.1) is 11.3 Å². The first kappa shape index (κ1) is 23.6. The summed E-state index contributed by atoms with van der Waals surface area (Å²) in [6.07, 6.45) is 5.04. The molecule has 0 atom stereocenters. The van der Waals surface area contributed by atoms with Crippen molar-refractivity contribution in [3.63, 3.8) is 0 Å². The zero-order valence-electron chi connectivity index (χ0n) is 20.9. The van der Waals surface area contributed by atoms with Crippen molar-refractivity contribution in [2.24, 2.45) is 0 Å². The number of fused-ring (bicyclic) bond motifs is 1. The van der Waals surface area contributed by atoms with Crippen LogP contribution in [0.5, 0.6) is 0 Å². The van der Waals surface area contributed by atoms with E-state index in [9.17, 15) is 10.1 Å². The Balaban J connectivity index is 1.51. The van der Waals surface area contributed by atoms with Crippen LogP contribution in [0.25, 0.3) is 28.2 Å². The molecule has 1 aliphatic rings. The molecule has 6 heteroatoms. The van der Waals surface area contributed by atoms with Crippen molar-refractivity contribution in [2.45, 2.75) is 57.6 Å². The third kappa shape index (κ3) is 4.33. The lowest BCUT2D eigenvalue weighted by Crippen LogP contribution is -2.52. The fourth-order valence-corrected chi connectivity index (χ4v) is 4.69. The number of carbonyl (C=O) groups is 1. The van der Waals surface area contributed by atoms with Crippen LogP contribution in [0.15, 0.2) is 72.9 Å². The molecule has 0 spiro atoms. The van der Waals surface area contributed by atoms with Gasteiger partial charge in [0.15, 0.2) is 0 Å². The minimum absolute atomic E-state index is 0.370.